The molecular formula is C24H21Cl2NO3. The molecule has 0 spiro atoms. The van der Waals surface area contributed by atoms with Crippen molar-refractivity contribution in [3.05, 3.63) is 87.4 Å². The molecule has 0 amide bonds. The van der Waals surface area contributed by atoms with Crippen LogP contribution in [0.25, 0.3) is 11.1 Å². The van der Waals surface area contributed by atoms with Crippen molar-refractivity contribution in [2.45, 2.75) is 31.6 Å². The zero-order chi connectivity index (χ0) is 21.6. The van der Waals surface area contributed by atoms with Gasteiger partial charge < -0.3 is 15.6 Å². The third-order valence-corrected chi connectivity index (χ3v) is 5.86. The maximum absolute atomic E-state index is 13.0. The van der Waals surface area contributed by atoms with Gasteiger partial charge in [0.2, 0.25) is 5.78 Å². The molecule has 1 aliphatic rings. The van der Waals surface area contributed by atoms with E-state index in [1.165, 1.54) is 6.07 Å². The number of benzene rings is 3. The molecule has 30 heavy (non-hydrogen) atoms. The lowest BCUT2D eigenvalue weighted by atomic mass is 9.93. The predicted molar refractivity (Wildman–Crippen MR) is 119 cm³/mol. The van der Waals surface area contributed by atoms with E-state index in [0.717, 1.165) is 22.3 Å². The van der Waals surface area contributed by atoms with Gasteiger partial charge >= 0.3 is 0 Å². The lowest BCUT2D eigenvalue weighted by Gasteiger charge is -2.18. The van der Waals surface area contributed by atoms with E-state index in [-0.39, 0.29) is 10.8 Å². The fraction of sp³-hybridized carbons (Fsp3) is 0.208. The largest absolute Gasteiger partial charge is 0.480 e. The summed E-state index contributed by atoms with van der Waals surface area (Å²) in [5, 5.41) is 11.0. The van der Waals surface area contributed by atoms with Crippen LogP contribution in [0.2, 0.25) is 10.0 Å². The smallest absolute Gasteiger partial charge is 0.206 e. The molecule has 0 bridgehead atoms. The van der Waals surface area contributed by atoms with Crippen LogP contribution in [-0.4, -0.2) is 17.0 Å². The molecular weight excluding hydrogens is 421 g/mol. The summed E-state index contributed by atoms with van der Waals surface area (Å²) in [4.78, 5) is 13.0. The first-order chi connectivity index (χ1) is 14.1. The zero-order valence-corrected chi connectivity index (χ0v) is 18.0. The van der Waals surface area contributed by atoms with E-state index in [1.54, 1.807) is 26.0 Å². The van der Waals surface area contributed by atoms with Crippen molar-refractivity contribution in [3.63, 3.8) is 0 Å². The molecule has 4 nitrogen and oxygen atoms in total. The number of hydrogen-bond acceptors (Lipinski definition) is 4. The lowest BCUT2D eigenvalue weighted by molar-refractivity contribution is 0.0783. The number of halogens is 2. The maximum atomic E-state index is 13.0. The monoisotopic (exact) mass is 441 g/mol. The zero-order valence-electron chi connectivity index (χ0n) is 16.5. The molecule has 0 saturated heterocycles. The highest BCUT2D eigenvalue weighted by Crippen LogP contribution is 2.40. The molecule has 2 unspecified atom stereocenters. The molecule has 6 heteroatoms. The Labute approximate surface area is 185 Å². The van der Waals surface area contributed by atoms with E-state index in [9.17, 15) is 9.90 Å². The van der Waals surface area contributed by atoms with Gasteiger partial charge in [0.25, 0.3) is 0 Å². The van der Waals surface area contributed by atoms with Crippen molar-refractivity contribution in [2.75, 3.05) is 0 Å². The Morgan fingerprint density at radius 2 is 1.77 bits per heavy atom. The summed E-state index contributed by atoms with van der Waals surface area (Å²) < 4.78 is 5.96. The Morgan fingerprint density at radius 1 is 1.03 bits per heavy atom. The molecule has 0 fully saturated rings. The number of ether oxygens (including phenoxy) is 1. The number of hydrogen-bond donors (Lipinski definition) is 2. The van der Waals surface area contributed by atoms with Gasteiger partial charge in [-0.1, -0.05) is 53.5 Å². The molecule has 0 aliphatic carbocycles. The van der Waals surface area contributed by atoms with Crippen molar-refractivity contribution in [3.8, 4) is 16.9 Å². The van der Waals surface area contributed by atoms with Gasteiger partial charge in [0, 0.05) is 16.1 Å². The highest BCUT2D eigenvalue weighted by Gasteiger charge is 2.38. The molecule has 0 saturated carbocycles. The summed E-state index contributed by atoms with van der Waals surface area (Å²) in [6.07, 6.45) is -0.864. The third-order valence-electron chi connectivity index (χ3n) is 5.31. The molecule has 3 N–H and O–H groups in total. The van der Waals surface area contributed by atoms with E-state index in [4.69, 9.17) is 33.7 Å². The van der Waals surface area contributed by atoms with E-state index < -0.39 is 17.7 Å². The number of Topliss-reactive ketones (excluding diaryl/α,β-unsaturated/α-hetero) is 1. The van der Waals surface area contributed by atoms with Crippen molar-refractivity contribution < 1.29 is 14.6 Å². The first-order valence-corrected chi connectivity index (χ1v) is 10.3. The topological polar surface area (TPSA) is 72.5 Å². The van der Waals surface area contributed by atoms with E-state index >= 15 is 0 Å². The van der Waals surface area contributed by atoms with Crippen LogP contribution >= 0.6 is 23.2 Å². The summed E-state index contributed by atoms with van der Waals surface area (Å²) in [7, 11) is 0. The number of nitrogens with two attached hydrogens (primary N) is 1. The second-order valence-corrected chi connectivity index (χ2v) is 8.79. The Morgan fingerprint density at radius 3 is 2.47 bits per heavy atom. The van der Waals surface area contributed by atoms with Crippen LogP contribution in [-0.2, 0) is 5.60 Å². The first-order valence-electron chi connectivity index (χ1n) is 9.54. The van der Waals surface area contributed by atoms with E-state index in [2.05, 4.69) is 0 Å². The fourth-order valence-electron chi connectivity index (χ4n) is 3.60. The van der Waals surface area contributed by atoms with Gasteiger partial charge in [-0.15, -0.1) is 0 Å². The molecule has 3 aromatic rings. The highest BCUT2D eigenvalue weighted by atomic mass is 35.5. The van der Waals surface area contributed by atoms with Crippen molar-refractivity contribution in [1.82, 2.24) is 0 Å². The summed E-state index contributed by atoms with van der Waals surface area (Å²) >= 11 is 12.1. The number of ketones is 1. The van der Waals surface area contributed by atoms with Crippen molar-refractivity contribution in [1.29, 1.82) is 0 Å². The normalized spacial score (nSPS) is 18.1. The Bertz CT molecular complexity index is 1140. The molecule has 4 rings (SSSR count). The summed E-state index contributed by atoms with van der Waals surface area (Å²) in [5.41, 5.74) is 9.13. The Hall–Kier alpha value is -2.37. The quantitative estimate of drug-likeness (QED) is 0.521. The van der Waals surface area contributed by atoms with Crippen LogP contribution < -0.4 is 10.5 Å². The fourth-order valence-corrected chi connectivity index (χ4v) is 4.10. The Balaban J connectivity index is 1.65. The van der Waals surface area contributed by atoms with Gasteiger partial charge in [-0.25, -0.2) is 0 Å². The number of carbonyl (C=O) groups is 1. The lowest BCUT2D eigenvalue weighted by Crippen LogP contribution is -2.33. The van der Waals surface area contributed by atoms with Crippen LogP contribution in [0.3, 0.4) is 0 Å². The second-order valence-electron chi connectivity index (χ2n) is 7.95. The Kier molecular flexibility index (Phi) is 5.37. The average molecular weight is 442 g/mol. The summed E-state index contributed by atoms with van der Waals surface area (Å²) in [5.74, 6) is 0.281. The van der Waals surface area contributed by atoms with Crippen LogP contribution in [0.5, 0.6) is 5.75 Å². The summed E-state index contributed by atoms with van der Waals surface area (Å²) in [6, 6.07) is 17.5. The van der Waals surface area contributed by atoms with E-state index in [0.29, 0.717) is 16.3 Å². The molecule has 2 atom stereocenters. The predicted octanol–water partition coefficient (Wildman–Crippen LogP) is 5.53. The second kappa shape index (κ2) is 7.71. The van der Waals surface area contributed by atoms with Gasteiger partial charge in [-0.3, -0.25) is 4.79 Å². The highest BCUT2D eigenvalue weighted by molar-refractivity contribution is 6.37. The first kappa shape index (κ1) is 20.9. The van der Waals surface area contributed by atoms with Crippen LogP contribution in [0, 0.1) is 0 Å². The molecule has 3 aromatic carbocycles. The van der Waals surface area contributed by atoms with Crippen LogP contribution in [0.15, 0.2) is 60.7 Å². The minimum atomic E-state index is -0.943. The minimum Gasteiger partial charge on any atom is -0.480 e. The van der Waals surface area contributed by atoms with Crippen molar-refractivity contribution >= 4 is 29.0 Å². The van der Waals surface area contributed by atoms with Crippen LogP contribution in [0.1, 0.15) is 41.4 Å². The molecule has 154 valence electrons. The molecule has 0 radical (unpaired) electrons. The van der Waals surface area contributed by atoms with Crippen molar-refractivity contribution in [2.24, 2.45) is 5.73 Å². The van der Waals surface area contributed by atoms with Gasteiger partial charge in [0.1, 0.15) is 5.75 Å². The van der Waals surface area contributed by atoms with Gasteiger partial charge in [0.15, 0.2) is 6.10 Å². The molecule has 1 aliphatic heterocycles. The average Bonchev–Trinajstić information content (AvgIpc) is 3.03. The number of carbonyl (C=O) groups excluding carboxylic acids is 1. The van der Waals surface area contributed by atoms with E-state index in [1.807, 2.05) is 42.5 Å². The SMILES string of the molecule is CC(C)(O)c1cccc(-c2ccc3c(c2)OC(C(=O)c2ccc(Cl)cc2Cl)C3N)c1. The standard InChI is InChI=1S/C24H21Cl2NO3/c1-24(2,29)15-5-3-4-13(10-15)14-6-8-18-20(11-14)30-23(21(18)27)22(28)17-9-7-16(25)12-19(17)26/h3-12,21,23,29H,27H2,1-2H3. The van der Waals surface area contributed by atoms with Crippen LogP contribution in [0.4, 0.5) is 0 Å². The maximum Gasteiger partial charge on any atom is 0.206 e. The minimum absolute atomic E-state index is 0.267. The molecule has 1 heterocycles. The molecule has 0 aromatic heterocycles. The summed E-state index contributed by atoms with van der Waals surface area (Å²) in [6.45, 7) is 3.49. The number of aliphatic hydroxyl groups is 1. The van der Waals surface area contributed by atoms with Gasteiger partial charge in [-0.2, -0.15) is 0 Å². The van der Waals surface area contributed by atoms with Gasteiger partial charge in [-0.05, 0) is 60.9 Å². The third kappa shape index (κ3) is 3.84. The number of fused-ring (bicyclic) bond motifs is 1. The van der Waals surface area contributed by atoms with Gasteiger partial charge in [0.05, 0.1) is 16.7 Å². The number of rotatable bonds is 4.